The summed E-state index contributed by atoms with van der Waals surface area (Å²) in [5, 5.41) is 9.87. The third kappa shape index (κ3) is 2.25. The normalized spacial score (nSPS) is 19.5. The van der Waals surface area contributed by atoms with Gasteiger partial charge in [-0.2, -0.15) is 0 Å². The van der Waals surface area contributed by atoms with E-state index in [2.05, 4.69) is 4.90 Å². The van der Waals surface area contributed by atoms with Gasteiger partial charge in [-0.1, -0.05) is 12.1 Å². The molecule has 3 nitrogen and oxygen atoms in total. The predicted molar refractivity (Wildman–Crippen MR) is 63.9 cm³/mol. The Bertz CT molecular complexity index is 377. The smallest absolute Gasteiger partial charge is 0.152 e. The molecule has 0 amide bonds. The summed E-state index contributed by atoms with van der Waals surface area (Å²) >= 11 is 0. The first-order valence-corrected chi connectivity index (χ1v) is 5.64. The maximum Gasteiger partial charge on any atom is 0.152 e. The molecule has 0 aliphatic carbocycles. The van der Waals surface area contributed by atoms with Crippen LogP contribution in [0.3, 0.4) is 0 Å². The van der Waals surface area contributed by atoms with Gasteiger partial charge in [0, 0.05) is 24.3 Å². The lowest BCUT2D eigenvalue weighted by Gasteiger charge is -2.37. The zero-order chi connectivity index (χ0) is 11.6. The molecule has 3 heteroatoms. The van der Waals surface area contributed by atoms with Crippen molar-refractivity contribution >= 4 is 12.0 Å². The van der Waals surface area contributed by atoms with Crippen molar-refractivity contribution in [2.24, 2.45) is 0 Å². The number of rotatable bonds is 2. The number of nitrogens with zero attached hydrogens (tertiary/aromatic N) is 1. The van der Waals surface area contributed by atoms with Crippen molar-refractivity contribution in [2.75, 3.05) is 18.0 Å². The van der Waals surface area contributed by atoms with E-state index in [-0.39, 0.29) is 0 Å². The fourth-order valence-electron chi connectivity index (χ4n) is 2.10. The number of aliphatic hydroxyl groups is 1. The molecule has 0 aromatic heterocycles. The first-order valence-electron chi connectivity index (χ1n) is 5.64. The van der Waals surface area contributed by atoms with Crippen LogP contribution in [0.2, 0.25) is 0 Å². The maximum absolute atomic E-state index is 10.9. The number of para-hydroxylation sites is 1. The summed E-state index contributed by atoms with van der Waals surface area (Å²) in [5.74, 6) is 0. The van der Waals surface area contributed by atoms with Crippen molar-refractivity contribution in [1.82, 2.24) is 0 Å². The van der Waals surface area contributed by atoms with E-state index in [1.807, 2.05) is 31.2 Å². The van der Waals surface area contributed by atoms with Gasteiger partial charge in [0.05, 0.1) is 5.60 Å². The van der Waals surface area contributed by atoms with Crippen LogP contribution in [-0.4, -0.2) is 30.1 Å². The molecule has 0 saturated carbocycles. The molecule has 1 aromatic carbocycles. The first-order chi connectivity index (χ1) is 7.62. The van der Waals surface area contributed by atoms with Crippen LogP contribution in [0.4, 0.5) is 5.69 Å². The molecule has 1 aromatic rings. The second kappa shape index (κ2) is 4.26. The molecule has 0 radical (unpaired) electrons. The average Bonchev–Trinajstić information content (AvgIpc) is 2.29. The molecule has 1 saturated heterocycles. The van der Waals surface area contributed by atoms with Gasteiger partial charge in [0.1, 0.15) is 0 Å². The maximum atomic E-state index is 10.9. The molecular weight excluding hydrogens is 202 g/mol. The van der Waals surface area contributed by atoms with Crippen molar-refractivity contribution < 1.29 is 9.90 Å². The molecule has 0 atom stereocenters. The Balaban J connectivity index is 2.17. The van der Waals surface area contributed by atoms with E-state index in [1.165, 1.54) is 0 Å². The van der Waals surface area contributed by atoms with Crippen LogP contribution in [0.15, 0.2) is 24.3 Å². The Morgan fingerprint density at radius 1 is 1.31 bits per heavy atom. The summed E-state index contributed by atoms with van der Waals surface area (Å²) in [7, 11) is 0. The number of benzene rings is 1. The summed E-state index contributed by atoms with van der Waals surface area (Å²) in [5.41, 5.74) is 1.16. The van der Waals surface area contributed by atoms with Gasteiger partial charge in [0.25, 0.3) is 0 Å². The SMILES string of the molecule is CC1(O)CCN(c2ccccc2C=O)CC1. The average molecular weight is 219 g/mol. The van der Waals surface area contributed by atoms with Gasteiger partial charge in [-0.15, -0.1) is 0 Å². The molecule has 86 valence electrons. The molecule has 0 bridgehead atoms. The Morgan fingerprint density at radius 3 is 2.56 bits per heavy atom. The van der Waals surface area contributed by atoms with Crippen molar-refractivity contribution in [1.29, 1.82) is 0 Å². The molecule has 1 fully saturated rings. The zero-order valence-electron chi connectivity index (χ0n) is 9.52. The number of hydrogen-bond acceptors (Lipinski definition) is 3. The third-order valence-electron chi connectivity index (χ3n) is 3.25. The van der Waals surface area contributed by atoms with Crippen LogP contribution < -0.4 is 4.90 Å². The summed E-state index contributed by atoms with van der Waals surface area (Å²) < 4.78 is 0. The van der Waals surface area contributed by atoms with Gasteiger partial charge in [-0.25, -0.2) is 0 Å². The Morgan fingerprint density at radius 2 is 1.94 bits per heavy atom. The fraction of sp³-hybridized carbons (Fsp3) is 0.462. The minimum absolute atomic E-state index is 0.549. The monoisotopic (exact) mass is 219 g/mol. The molecule has 2 rings (SSSR count). The standard InChI is InChI=1S/C13H17NO2/c1-13(16)6-8-14(9-7-13)12-5-3-2-4-11(12)10-15/h2-5,10,16H,6-9H2,1H3. The van der Waals surface area contributed by atoms with E-state index in [0.717, 1.165) is 43.5 Å². The lowest BCUT2D eigenvalue weighted by atomic mass is 9.93. The number of anilines is 1. The van der Waals surface area contributed by atoms with E-state index in [0.29, 0.717) is 0 Å². The second-order valence-electron chi connectivity index (χ2n) is 4.66. The number of aldehydes is 1. The number of carbonyl (C=O) groups is 1. The molecular formula is C13H17NO2. The lowest BCUT2D eigenvalue weighted by Crippen LogP contribution is -2.42. The van der Waals surface area contributed by atoms with Crippen LogP contribution in [0, 0.1) is 0 Å². The van der Waals surface area contributed by atoms with E-state index < -0.39 is 5.60 Å². The van der Waals surface area contributed by atoms with Crippen molar-refractivity contribution in [3.8, 4) is 0 Å². The van der Waals surface area contributed by atoms with Gasteiger partial charge in [0.15, 0.2) is 6.29 Å². The minimum atomic E-state index is -0.549. The molecule has 1 heterocycles. The van der Waals surface area contributed by atoms with Crippen molar-refractivity contribution in [2.45, 2.75) is 25.4 Å². The van der Waals surface area contributed by atoms with Crippen molar-refractivity contribution in [3.05, 3.63) is 29.8 Å². The van der Waals surface area contributed by atoms with Gasteiger partial charge in [-0.3, -0.25) is 4.79 Å². The number of carbonyl (C=O) groups excluding carboxylic acids is 1. The predicted octanol–water partition coefficient (Wildman–Crippen LogP) is 1.85. The highest BCUT2D eigenvalue weighted by Gasteiger charge is 2.27. The minimum Gasteiger partial charge on any atom is -0.390 e. The van der Waals surface area contributed by atoms with Gasteiger partial charge in [0.2, 0.25) is 0 Å². The van der Waals surface area contributed by atoms with E-state index >= 15 is 0 Å². The zero-order valence-corrected chi connectivity index (χ0v) is 9.52. The number of hydrogen-bond donors (Lipinski definition) is 1. The molecule has 16 heavy (non-hydrogen) atoms. The highest BCUT2D eigenvalue weighted by Crippen LogP contribution is 2.27. The third-order valence-corrected chi connectivity index (χ3v) is 3.25. The Hall–Kier alpha value is -1.35. The van der Waals surface area contributed by atoms with Crippen LogP contribution in [0.25, 0.3) is 0 Å². The lowest BCUT2D eigenvalue weighted by molar-refractivity contribution is 0.0351. The Kier molecular flexibility index (Phi) is 2.97. The molecule has 1 N–H and O–H groups in total. The number of piperidine rings is 1. The van der Waals surface area contributed by atoms with Gasteiger partial charge < -0.3 is 10.0 Å². The fourth-order valence-corrected chi connectivity index (χ4v) is 2.10. The molecule has 0 unspecified atom stereocenters. The molecule has 1 aliphatic heterocycles. The highest BCUT2D eigenvalue weighted by molar-refractivity contribution is 5.84. The largest absolute Gasteiger partial charge is 0.390 e. The Labute approximate surface area is 95.7 Å². The topological polar surface area (TPSA) is 40.5 Å². The van der Waals surface area contributed by atoms with E-state index in [9.17, 15) is 9.90 Å². The summed E-state index contributed by atoms with van der Waals surface area (Å²) in [6.07, 6.45) is 2.39. The van der Waals surface area contributed by atoms with E-state index in [4.69, 9.17) is 0 Å². The summed E-state index contributed by atoms with van der Waals surface area (Å²) in [4.78, 5) is 13.1. The van der Waals surface area contributed by atoms with Crippen LogP contribution in [-0.2, 0) is 0 Å². The second-order valence-corrected chi connectivity index (χ2v) is 4.66. The molecule has 1 aliphatic rings. The first kappa shape index (κ1) is 11.1. The quantitative estimate of drug-likeness (QED) is 0.772. The summed E-state index contributed by atoms with van der Waals surface area (Å²) in [6.45, 7) is 3.48. The van der Waals surface area contributed by atoms with Gasteiger partial charge in [-0.05, 0) is 31.9 Å². The van der Waals surface area contributed by atoms with Crippen LogP contribution in [0.5, 0.6) is 0 Å². The van der Waals surface area contributed by atoms with Crippen molar-refractivity contribution in [3.63, 3.8) is 0 Å². The summed E-state index contributed by atoms with van der Waals surface area (Å²) in [6, 6.07) is 7.60. The van der Waals surface area contributed by atoms with Crippen LogP contribution >= 0.6 is 0 Å². The molecule has 0 spiro atoms. The van der Waals surface area contributed by atoms with Crippen LogP contribution in [0.1, 0.15) is 30.1 Å². The highest BCUT2D eigenvalue weighted by atomic mass is 16.3. The van der Waals surface area contributed by atoms with Gasteiger partial charge >= 0.3 is 0 Å². The van der Waals surface area contributed by atoms with E-state index in [1.54, 1.807) is 0 Å².